The second-order valence-corrected chi connectivity index (χ2v) is 5.64. The Labute approximate surface area is 130 Å². The third-order valence-corrected chi connectivity index (χ3v) is 3.43. The van der Waals surface area contributed by atoms with Gasteiger partial charge in [0, 0.05) is 50.7 Å². The first-order chi connectivity index (χ1) is 10.5. The molecule has 0 aliphatic heterocycles. The van der Waals surface area contributed by atoms with Gasteiger partial charge in [-0.3, -0.25) is 9.78 Å². The standard InChI is InChI=1S/C15H24N6O/c1-12(10-14-11-13(2)18-19-14)17-15(22)20(3)7-5-9-21-8-4-6-16-21/h4,6,8,11-12H,5,7,9-10H2,1-3H3,(H,17,22)(H,18,19). The molecule has 0 aromatic carbocycles. The number of hydrogen-bond donors (Lipinski definition) is 2. The zero-order valence-corrected chi connectivity index (χ0v) is 13.4. The molecular formula is C15H24N6O. The maximum Gasteiger partial charge on any atom is 0.317 e. The van der Waals surface area contributed by atoms with Crippen LogP contribution >= 0.6 is 0 Å². The van der Waals surface area contributed by atoms with E-state index in [1.54, 1.807) is 11.1 Å². The van der Waals surface area contributed by atoms with Gasteiger partial charge in [0.25, 0.3) is 0 Å². The van der Waals surface area contributed by atoms with E-state index in [4.69, 9.17) is 0 Å². The molecular weight excluding hydrogens is 280 g/mol. The number of amides is 2. The average molecular weight is 304 g/mol. The molecule has 0 bridgehead atoms. The highest BCUT2D eigenvalue weighted by Crippen LogP contribution is 2.02. The topological polar surface area (TPSA) is 78.8 Å². The molecule has 1 atom stereocenters. The smallest absolute Gasteiger partial charge is 0.317 e. The highest BCUT2D eigenvalue weighted by molar-refractivity contribution is 5.74. The summed E-state index contributed by atoms with van der Waals surface area (Å²) in [5.74, 6) is 0. The SMILES string of the molecule is Cc1cc(CC(C)NC(=O)N(C)CCCn2cccn2)n[nH]1. The van der Waals surface area contributed by atoms with Crippen molar-refractivity contribution in [2.24, 2.45) is 0 Å². The summed E-state index contributed by atoms with van der Waals surface area (Å²) in [7, 11) is 1.81. The molecule has 0 radical (unpaired) electrons. The summed E-state index contributed by atoms with van der Waals surface area (Å²) in [5.41, 5.74) is 2.00. The Balaban J connectivity index is 1.68. The first-order valence-corrected chi connectivity index (χ1v) is 7.54. The summed E-state index contributed by atoms with van der Waals surface area (Å²) in [6.07, 6.45) is 5.28. The van der Waals surface area contributed by atoms with Gasteiger partial charge in [0.05, 0.1) is 5.69 Å². The maximum atomic E-state index is 12.1. The van der Waals surface area contributed by atoms with Crippen molar-refractivity contribution in [3.63, 3.8) is 0 Å². The molecule has 7 nitrogen and oxygen atoms in total. The number of hydrogen-bond acceptors (Lipinski definition) is 3. The number of aromatic amines is 1. The van der Waals surface area contributed by atoms with E-state index in [-0.39, 0.29) is 12.1 Å². The molecule has 0 saturated carbocycles. The van der Waals surface area contributed by atoms with Crippen LogP contribution in [0, 0.1) is 6.92 Å². The molecule has 0 aliphatic rings. The summed E-state index contributed by atoms with van der Waals surface area (Å²) in [6, 6.07) is 3.88. The van der Waals surface area contributed by atoms with Gasteiger partial charge >= 0.3 is 6.03 Å². The lowest BCUT2D eigenvalue weighted by Gasteiger charge is -2.21. The van der Waals surface area contributed by atoms with Crippen LogP contribution in [0.3, 0.4) is 0 Å². The number of aromatic nitrogens is 4. The van der Waals surface area contributed by atoms with Crippen molar-refractivity contribution in [3.8, 4) is 0 Å². The Morgan fingerprint density at radius 2 is 2.36 bits per heavy atom. The minimum absolute atomic E-state index is 0.0452. The monoisotopic (exact) mass is 304 g/mol. The zero-order chi connectivity index (χ0) is 15.9. The van der Waals surface area contributed by atoms with E-state index < -0.39 is 0 Å². The molecule has 7 heteroatoms. The molecule has 22 heavy (non-hydrogen) atoms. The first kappa shape index (κ1) is 16.1. The molecule has 2 aromatic rings. The Morgan fingerprint density at radius 3 is 3.00 bits per heavy atom. The van der Waals surface area contributed by atoms with Crippen molar-refractivity contribution in [2.75, 3.05) is 13.6 Å². The normalized spacial score (nSPS) is 12.1. The molecule has 1 unspecified atom stereocenters. The van der Waals surface area contributed by atoms with Crippen LogP contribution in [0.5, 0.6) is 0 Å². The van der Waals surface area contributed by atoms with Crippen molar-refractivity contribution in [1.82, 2.24) is 30.2 Å². The quantitative estimate of drug-likeness (QED) is 0.815. The molecule has 2 amide bonds. The van der Waals surface area contributed by atoms with Gasteiger partial charge in [-0.15, -0.1) is 0 Å². The van der Waals surface area contributed by atoms with E-state index in [2.05, 4.69) is 20.6 Å². The zero-order valence-electron chi connectivity index (χ0n) is 13.4. The van der Waals surface area contributed by atoms with Crippen molar-refractivity contribution in [2.45, 2.75) is 39.3 Å². The summed E-state index contributed by atoms with van der Waals surface area (Å²) < 4.78 is 1.87. The van der Waals surface area contributed by atoms with Crippen LogP contribution in [0.2, 0.25) is 0 Å². The predicted octanol–water partition coefficient (Wildman–Crippen LogP) is 1.58. The van der Waals surface area contributed by atoms with Gasteiger partial charge in [-0.25, -0.2) is 4.79 Å². The van der Waals surface area contributed by atoms with E-state index in [0.29, 0.717) is 6.54 Å². The number of rotatable bonds is 7. The summed E-state index contributed by atoms with van der Waals surface area (Å²) >= 11 is 0. The van der Waals surface area contributed by atoms with Crippen molar-refractivity contribution in [3.05, 3.63) is 35.9 Å². The van der Waals surface area contributed by atoms with Crippen molar-refractivity contribution in [1.29, 1.82) is 0 Å². The highest BCUT2D eigenvalue weighted by Gasteiger charge is 2.13. The van der Waals surface area contributed by atoms with Crippen LogP contribution in [0.15, 0.2) is 24.5 Å². The fraction of sp³-hybridized carbons (Fsp3) is 0.533. The van der Waals surface area contributed by atoms with Crippen LogP contribution in [0.25, 0.3) is 0 Å². The van der Waals surface area contributed by atoms with E-state index in [1.165, 1.54) is 0 Å². The van der Waals surface area contributed by atoms with Gasteiger partial charge in [-0.05, 0) is 32.4 Å². The van der Waals surface area contributed by atoms with Crippen LogP contribution in [0.4, 0.5) is 4.79 Å². The minimum atomic E-state index is -0.0553. The predicted molar refractivity (Wildman–Crippen MR) is 84.5 cm³/mol. The number of urea groups is 1. The second kappa shape index (κ2) is 7.63. The third-order valence-electron chi connectivity index (χ3n) is 3.43. The van der Waals surface area contributed by atoms with Gasteiger partial charge in [0.1, 0.15) is 0 Å². The molecule has 0 spiro atoms. The maximum absolute atomic E-state index is 12.1. The summed E-state index contributed by atoms with van der Waals surface area (Å²) in [5, 5.41) is 14.2. The molecule has 0 fully saturated rings. The average Bonchev–Trinajstić information content (AvgIpc) is 3.10. The number of carbonyl (C=O) groups excluding carboxylic acids is 1. The van der Waals surface area contributed by atoms with Crippen molar-refractivity contribution < 1.29 is 4.79 Å². The Bertz CT molecular complexity index is 577. The molecule has 120 valence electrons. The number of aryl methyl sites for hydroxylation is 2. The van der Waals surface area contributed by atoms with Crippen LogP contribution in [0.1, 0.15) is 24.7 Å². The number of carbonyl (C=O) groups is 1. The fourth-order valence-corrected chi connectivity index (χ4v) is 2.27. The minimum Gasteiger partial charge on any atom is -0.335 e. The van der Waals surface area contributed by atoms with E-state index in [9.17, 15) is 4.79 Å². The lowest BCUT2D eigenvalue weighted by molar-refractivity contribution is 0.204. The van der Waals surface area contributed by atoms with Gasteiger partial charge in [-0.1, -0.05) is 0 Å². The van der Waals surface area contributed by atoms with E-state index >= 15 is 0 Å². The Morgan fingerprint density at radius 1 is 1.55 bits per heavy atom. The Hall–Kier alpha value is -2.31. The van der Waals surface area contributed by atoms with E-state index in [1.807, 2.05) is 43.9 Å². The van der Waals surface area contributed by atoms with Gasteiger partial charge in [0.2, 0.25) is 0 Å². The van der Waals surface area contributed by atoms with Gasteiger partial charge in [0.15, 0.2) is 0 Å². The molecule has 0 aliphatic carbocycles. The fourth-order valence-electron chi connectivity index (χ4n) is 2.27. The molecule has 2 heterocycles. The van der Waals surface area contributed by atoms with E-state index in [0.717, 1.165) is 30.8 Å². The first-order valence-electron chi connectivity index (χ1n) is 7.54. The lowest BCUT2D eigenvalue weighted by Crippen LogP contribution is -2.43. The lowest BCUT2D eigenvalue weighted by atomic mass is 10.2. The third kappa shape index (κ3) is 4.91. The van der Waals surface area contributed by atoms with Crippen LogP contribution < -0.4 is 5.32 Å². The molecule has 2 N–H and O–H groups in total. The molecule has 0 saturated heterocycles. The molecule has 2 aromatic heterocycles. The summed E-state index contributed by atoms with van der Waals surface area (Å²) in [6.45, 7) is 5.46. The number of nitrogens with zero attached hydrogens (tertiary/aromatic N) is 4. The van der Waals surface area contributed by atoms with Gasteiger partial charge < -0.3 is 10.2 Å². The van der Waals surface area contributed by atoms with Crippen LogP contribution in [-0.4, -0.2) is 50.5 Å². The second-order valence-electron chi connectivity index (χ2n) is 5.64. The van der Waals surface area contributed by atoms with Crippen LogP contribution in [-0.2, 0) is 13.0 Å². The summed E-state index contributed by atoms with van der Waals surface area (Å²) in [4.78, 5) is 13.8. The Kier molecular flexibility index (Phi) is 5.57. The van der Waals surface area contributed by atoms with Gasteiger partial charge in [-0.2, -0.15) is 10.2 Å². The number of H-pyrrole nitrogens is 1. The van der Waals surface area contributed by atoms with Crippen molar-refractivity contribution >= 4 is 6.03 Å². The number of nitrogens with one attached hydrogen (secondary N) is 2. The molecule has 2 rings (SSSR count). The largest absolute Gasteiger partial charge is 0.335 e. The highest BCUT2D eigenvalue weighted by atomic mass is 16.2.